The van der Waals surface area contributed by atoms with Crippen molar-refractivity contribution < 1.29 is 23.9 Å². The molecule has 0 saturated carbocycles. The molecule has 8 heteroatoms. The number of hydrogen-bond acceptors (Lipinski definition) is 5. The first-order valence-corrected chi connectivity index (χ1v) is 10.3. The first kappa shape index (κ1) is 22.5. The Morgan fingerprint density at radius 2 is 1.61 bits per heavy atom. The summed E-state index contributed by atoms with van der Waals surface area (Å²) in [5, 5.41) is 2.61. The molecule has 0 radical (unpaired) electrons. The van der Waals surface area contributed by atoms with Crippen molar-refractivity contribution in [2.24, 2.45) is 5.92 Å². The van der Waals surface area contributed by atoms with Crippen LogP contribution in [0.1, 0.15) is 52.9 Å². The van der Waals surface area contributed by atoms with Crippen LogP contribution in [0, 0.1) is 5.92 Å². The van der Waals surface area contributed by atoms with Crippen molar-refractivity contribution >= 4 is 17.9 Å². The van der Waals surface area contributed by atoms with Crippen LogP contribution < -0.4 is 5.32 Å². The summed E-state index contributed by atoms with van der Waals surface area (Å²) in [5.41, 5.74) is -0.556. The van der Waals surface area contributed by atoms with E-state index < -0.39 is 11.7 Å². The molecule has 2 rings (SSSR count). The van der Waals surface area contributed by atoms with Crippen LogP contribution in [0.4, 0.5) is 4.79 Å². The summed E-state index contributed by atoms with van der Waals surface area (Å²) >= 11 is 0. The molecule has 160 valence electrons. The van der Waals surface area contributed by atoms with Gasteiger partial charge in [-0.2, -0.15) is 0 Å². The highest BCUT2D eigenvalue weighted by Crippen LogP contribution is 2.20. The van der Waals surface area contributed by atoms with E-state index >= 15 is 0 Å². The van der Waals surface area contributed by atoms with Gasteiger partial charge in [0.15, 0.2) is 0 Å². The molecule has 0 aromatic rings. The average molecular weight is 398 g/mol. The van der Waals surface area contributed by atoms with Crippen molar-refractivity contribution in [1.82, 2.24) is 15.1 Å². The van der Waals surface area contributed by atoms with Gasteiger partial charge in [-0.05, 0) is 46.0 Å². The number of ether oxygens (including phenoxy) is 2. The number of carbonyl (C=O) groups excluding carboxylic acids is 3. The van der Waals surface area contributed by atoms with Gasteiger partial charge in [0.2, 0.25) is 11.8 Å². The van der Waals surface area contributed by atoms with E-state index in [1.807, 2.05) is 4.90 Å². The minimum Gasteiger partial charge on any atom is -0.444 e. The summed E-state index contributed by atoms with van der Waals surface area (Å²) in [7, 11) is 0. The van der Waals surface area contributed by atoms with Crippen LogP contribution >= 0.6 is 0 Å². The van der Waals surface area contributed by atoms with Crippen molar-refractivity contribution in [1.29, 1.82) is 0 Å². The number of alkyl carbamates (subject to hydrolysis) is 1. The molecular formula is C20H35N3O5. The number of nitrogens with zero attached hydrogens (tertiary/aromatic N) is 2. The SMILES string of the molecule is CC(C)(C)OC(=O)NCCC(=O)N1CCCN(C(=O)CC2CCOCC2)CC1. The van der Waals surface area contributed by atoms with Crippen LogP contribution in [-0.2, 0) is 19.1 Å². The second kappa shape index (κ2) is 10.6. The molecule has 8 nitrogen and oxygen atoms in total. The van der Waals surface area contributed by atoms with Gasteiger partial charge in [0.1, 0.15) is 5.60 Å². The standard InChI is InChI=1S/C20H35N3O5/c1-20(2,3)28-19(26)21-8-5-17(24)22-9-4-10-23(12-11-22)18(25)15-16-6-13-27-14-7-16/h16H,4-15H2,1-3H3,(H,21,26). The number of carbonyl (C=O) groups is 3. The Morgan fingerprint density at radius 3 is 2.21 bits per heavy atom. The Bertz CT molecular complexity index is 540. The van der Waals surface area contributed by atoms with Gasteiger partial charge >= 0.3 is 6.09 Å². The Morgan fingerprint density at radius 1 is 1.00 bits per heavy atom. The lowest BCUT2D eigenvalue weighted by molar-refractivity contribution is -0.134. The fraction of sp³-hybridized carbons (Fsp3) is 0.850. The molecule has 1 N–H and O–H groups in total. The van der Waals surface area contributed by atoms with Crippen molar-refractivity contribution in [3.05, 3.63) is 0 Å². The van der Waals surface area contributed by atoms with Crippen LogP contribution in [0.15, 0.2) is 0 Å². The van der Waals surface area contributed by atoms with Gasteiger partial charge in [-0.3, -0.25) is 9.59 Å². The van der Waals surface area contributed by atoms with Crippen molar-refractivity contribution in [3.8, 4) is 0 Å². The molecule has 2 saturated heterocycles. The summed E-state index contributed by atoms with van der Waals surface area (Å²) in [5.74, 6) is 0.601. The lowest BCUT2D eigenvalue weighted by Gasteiger charge is -2.26. The van der Waals surface area contributed by atoms with Crippen LogP contribution in [0.2, 0.25) is 0 Å². The number of nitrogens with one attached hydrogen (secondary N) is 1. The molecule has 0 unspecified atom stereocenters. The minimum atomic E-state index is -0.556. The van der Waals surface area contributed by atoms with Gasteiger partial charge in [0.05, 0.1) is 0 Å². The molecule has 2 aliphatic rings. The van der Waals surface area contributed by atoms with E-state index in [0.717, 1.165) is 32.5 Å². The van der Waals surface area contributed by atoms with Gasteiger partial charge < -0.3 is 24.6 Å². The van der Waals surface area contributed by atoms with Gasteiger partial charge in [-0.1, -0.05) is 0 Å². The topological polar surface area (TPSA) is 88.2 Å². The van der Waals surface area contributed by atoms with Crippen LogP contribution in [0.3, 0.4) is 0 Å². The molecular weight excluding hydrogens is 362 g/mol. The van der Waals surface area contributed by atoms with Crippen molar-refractivity contribution in [3.63, 3.8) is 0 Å². The van der Waals surface area contributed by atoms with E-state index in [0.29, 0.717) is 38.5 Å². The van der Waals surface area contributed by atoms with Crippen molar-refractivity contribution in [2.75, 3.05) is 45.9 Å². The molecule has 0 atom stereocenters. The highest BCUT2D eigenvalue weighted by molar-refractivity contribution is 5.78. The van der Waals surface area contributed by atoms with E-state index in [2.05, 4.69) is 5.32 Å². The Kier molecular flexibility index (Phi) is 8.54. The third kappa shape index (κ3) is 8.04. The second-order valence-electron chi connectivity index (χ2n) is 8.55. The second-order valence-corrected chi connectivity index (χ2v) is 8.55. The molecule has 0 aromatic carbocycles. The summed E-state index contributed by atoms with van der Waals surface area (Å²) in [6, 6.07) is 0. The van der Waals surface area contributed by atoms with E-state index in [1.54, 1.807) is 25.7 Å². The normalized spacial score (nSPS) is 19.1. The third-order valence-electron chi connectivity index (χ3n) is 5.01. The highest BCUT2D eigenvalue weighted by atomic mass is 16.6. The Hall–Kier alpha value is -1.83. The van der Waals surface area contributed by atoms with Gasteiger partial charge in [0.25, 0.3) is 0 Å². The first-order chi connectivity index (χ1) is 13.2. The first-order valence-electron chi connectivity index (χ1n) is 10.3. The summed E-state index contributed by atoms with van der Waals surface area (Å²) in [6.07, 6.45) is 2.99. The van der Waals surface area contributed by atoms with E-state index in [9.17, 15) is 14.4 Å². The van der Waals surface area contributed by atoms with Crippen LogP contribution in [0.25, 0.3) is 0 Å². The molecule has 0 aromatic heterocycles. The van der Waals surface area contributed by atoms with Crippen LogP contribution in [-0.4, -0.2) is 79.2 Å². The lowest BCUT2D eigenvalue weighted by atomic mass is 9.96. The Balaban J connectivity index is 1.69. The monoisotopic (exact) mass is 397 g/mol. The fourth-order valence-electron chi connectivity index (χ4n) is 3.49. The lowest BCUT2D eigenvalue weighted by Crippen LogP contribution is -2.39. The number of hydrogen-bond donors (Lipinski definition) is 1. The van der Waals surface area contributed by atoms with Crippen molar-refractivity contribution in [2.45, 2.75) is 58.5 Å². The van der Waals surface area contributed by atoms with E-state index in [4.69, 9.17) is 9.47 Å². The zero-order chi connectivity index (χ0) is 20.6. The number of rotatable bonds is 5. The third-order valence-corrected chi connectivity index (χ3v) is 5.01. The molecule has 2 aliphatic heterocycles. The smallest absolute Gasteiger partial charge is 0.407 e. The van der Waals surface area contributed by atoms with E-state index in [-0.39, 0.29) is 24.8 Å². The summed E-state index contributed by atoms with van der Waals surface area (Å²) in [4.78, 5) is 40.3. The maximum atomic E-state index is 12.6. The number of amides is 3. The quantitative estimate of drug-likeness (QED) is 0.764. The Labute approximate surface area is 167 Å². The largest absolute Gasteiger partial charge is 0.444 e. The van der Waals surface area contributed by atoms with Gasteiger partial charge in [0, 0.05) is 58.8 Å². The summed E-state index contributed by atoms with van der Waals surface area (Å²) < 4.78 is 10.5. The predicted octanol–water partition coefficient (Wildman–Crippen LogP) is 1.78. The molecule has 2 fully saturated rings. The minimum absolute atomic E-state index is 0.00483. The fourth-order valence-corrected chi connectivity index (χ4v) is 3.49. The maximum absolute atomic E-state index is 12.6. The molecule has 28 heavy (non-hydrogen) atoms. The predicted molar refractivity (Wildman–Crippen MR) is 105 cm³/mol. The molecule has 0 spiro atoms. The molecule has 2 heterocycles. The molecule has 3 amide bonds. The summed E-state index contributed by atoms with van der Waals surface area (Å²) in [6.45, 7) is 9.59. The highest BCUT2D eigenvalue weighted by Gasteiger charge is 2.25. The van der Waals surface area contributed by atoms with Gasteiger partial charge in [-0.15, -0.1) is 0 Å². The maximum Gasteiger partial charge on any atom is 0.407 e. The van der Waals surface area contributed by atoms with Gasteiger partial charge in [-0.25, -0.2) is 4.79 Å². The zero-order valence-corrected chi connectivity index (χ0v) is 17.5. The average Bonchev–Trinajstić information content (AvgIpc) is 2.87. The van der Waals surface area contributed by atoms with E-state index in [1.165, 1.54) is 0 Å². The van der Waals surface area contributed by atoms with Crippen LogP contribution in [0.5, 0.6) is 0 Å². The molecule has 0 bridgehead atoms. The molecule has 0 aliphatic carbocycles. The zero-order valence-electron chi connectivity index (χ0n) is 17.5.